The Bertz CT molecular complexity index is 449. The van der Waals surface area contributed by atoms with Gasteiger partial charge < -0.3 is 15.5 Å². The van der Waals surface area contributed by atoms with Crippen molar-refractivity contribution in [1.29, 1.82) is 0 Å². The van der Waals surface area contributed by atoms with Crippen LogP contribution in [0.3, 0.4) is 0 Å². The van der Waals surface area contributed by atoms with Crippen LogP contribution in [-0.2, 0) is 0 Å². The van der Waals surface area contributed by atoms with Crippen LogP contribution in [0.25, 0.3) is 0 Å². The number of carbonyl (C=O) groups is 1. The van der Waals surface area contributed by atoms with Crippen molar-refractivity contribution >= 4 is 23.2 Å². The van der Waals surface area contributed by atoms with E-state index in [0.29, 0.717) is 10.6 Å². The molecule has 0 bridgehead atoms. The summed E-state index contributed by atoms with van der Waals surface area (Å²) in [6, 6.07) is 5.40. The molecule has 0 aromatic heterocycles. The summed E-state index contributed by atoms with van der Waals surface area (Å²) >= 11 is 5.98. The third-order valence-corrected chi connectivity index (χ3v) is 3.29. The summed E-state index contributed by atoms with van der Waals surface area (Å²) < 4.78 is 0. The van der Waals surface area contributed by atoms with Gasteiger partial charge in [0.2, 0.25) is 0 Å². The minimum Gasteiger partial charge on any atom is -0.348 e. The fraction of sp³-hybridized carbons (Fsp3) is 0.364. The molecule has 1 amide bonds. The van der Waals surface area contributed by atoms with E-state index < -0.39 is 0 Å². The lowest BCUT2D eigenvalue weighted by Crippen LogP contribution is -2.62. The van der Waals surface area contributed by atoms with Crippen molar-refractivity contribution in [2.24, 2.45) is 0 Å². The van der Waals surface area contributed by atoms with E-state index >= 15 is 0 Å². The van der Waals surface area contributed by atoms with Gasteiger partial charge in [0, 0.05) is 24.7 Å². The van der Waals surface area contributed by atoms with Gasteiger partial charge in [-0.1, -0.05) is 11.6 Å². The van der Waals surface area contributed by atoms with Crippen molar-refractivity contribution in [2.75, 3.05) is 24.5 Å². The van der Waals surface area contributed by atoms with Crippen LogP contribution in [0, 0.1) is 0 Å². The van der Waals surface area contributed by atoms with Crippen LogP contribution >= 0.6 is 11.6 Å². The molecule has 0 aliphatic carbocycles. The highest BCUT2D eigenvalue weighted by Crippen LogP contribution is 2.29. The van der Waals surface area contributed by atoms with Gasteiger partial charge in [-0.05, 0) is 18.2 Å². The summed E-state index contributed by atoms with van der Waals surface area (Å²) in [7, 11) is 0. The molecule has 1 fully saturated rings. The number of hydrogen-bond donors (Lipinski definition) is 2. The molecule has 1 aromatic rings. The highest BCUT2D eigenvalue weighted by molar-refractivity contribution is 6.31. The Kier molecular flexibility index (Phi) is 2.26. The third kappa shape index (κ3) is 1.45. The lowest BCUT2D eigenvalue weighted by Gasteiger charge is -2.42. The molecule has 0 radical (unpaired) electrons. The van der Waals surface area contributed by atoms with Crippen molar-refractivity contribution in [1.82, 2.24) is 10.6 Å². The topological polar surface area (TPSA) is 44.4 Å². The van der Waals surface area contributed by atoms with Crippen LogP contribution in [0.5, 0.6) is 0 Å². The lowest BCUT2D eigenvalue weighted by molar-refractivity contribution is 0.0923. The monoisotopic (exact) mass is 237 g/mol. The molecular weight excluding hydrogens is 226 g/mol. The molecule has 2 N–H and O–H groups in total. The summed E-state index contributed by atoms with van der Waals surface area (Å²) in [5, 5.41) is 6.91. The number of nitrogens with one attached hydrogen (secondary N) is 2. The molecule has 2 aliphatic rings. The summed E-state index contributed by atoms with van der Waals surface area (Å²) in [6.07, 6.45) is 0.0483. The maximum atomic E-state index is 11.8. The fourth-order valence-corrected chi connectivity index (χ4v) is 2.45. The van der Waals surface area contributed by atoms with Gasteiger partial charge in [-0.15, -0.1) is 0 Å². The van der Waals surface area contributed by atoms with Crippen LogP contribution in [-0.4, -0.2) is 31.7 Å². The Morgan fingerprint density at radius 1 is 1.44 bits per heavy atom. The Balaban J connectivity index is 2.09. The van der Waals surface area contributed by atoms with Crippen LogP contribution < -0.4 is 15.5 Å². The number of nitrogens with zero attached hydrogens (tertiary/aromatic N) is 1. The smallest absolute Gasteiger partial charge is 0.255 e. The summed E-state index contributed by atoms with van der Waals surface area (Å²) in [4.78, 5) is 14.0. The predicted octanol–water partition coefficient (Wildman–Crippen LogP) is 0.819. The van der Waals surface area contributed by atoms with Crippen molar-refractivity contribution in [3.05, 3.63) is 28.8 Å². The number of rotatable bonds is 0. The quantitative estimate of drug-likeness (QED) is 0.702. The zero-order valence-corrected chi connectivity index (χ0v) is 9.42. The second-order valence-corrected chi connectivity index (χ2v) is 4.48. The molecule has 0 unspecified atom stereocenters. The number of benzene rings is 1. The molecule has 0 saturated carbocycles. The standard InChI is InChI=1S/C11H12ClN3O/c12-7-1-2-8-9(5-7)15-4-3-13-6-10(15)14-11(8)16/h1-2,5,10,13H,3-4,6H2,(H,14,16)/t10-/m1/s1. The Labute approximate surface area is 98.6 Å². The molecule has 0 spiro atoms. The van der Waals surface area contributed by atoms with Gasteiger partial charge in [-0.3, -0.25) is 4.79 Å². The zero-order chi connectivity index (χ0) is 11.1. The number of halogens is 1. The number of piperazine rings is 1. The number of carbonyl (C=O) groups excluding carboxylic acids is 1. The highest BCUT2D eigenvalue weighted by atomic mass is 35.5. The maximum absolute atomic E-state index is 11.8. The number of amides is 1. The third-order valence-electron chi connectivity index (χ3n) is 3.05. The van der Waals surface area contributed by atoms with E-state index in [1.807, 2.05) is 6.07 Å². The molecule has 1 atom stereocenters. The molecule has 1 saturated heterocycles. The van der Waals surface area contributed by atoms with Crippen molar-refractivity contribution in [2.45, 2.75) is 6.17 Å². The second-order valence-electron chi connectivity index (χ2n) is 4.05. The fourth-order valence-electron chi connectivity index (χ4n) is 2.29. The molecule has 1 aromatic carbocycles. The van der Waals surface area contributed by atoms with Gasteiger partial charge in [-0.25, -0.2) is 0 Å². The first-order valence-corrected chi connectivity index (χ1v) is 5.71. The number of hydrogen-bond acceptors (Lipinski definition) is 3. The van der Waals surface area contributed by atoms with E-state index in [0.717, 1.165) is 25.3 Å². The minimum absolute atomic E-state index is 0.0170. The van der Waals surface area contributed by atoms with Gasteiger partial charge in [0.25, 0.3) is 5.91 Å². The first-order valence-electron chi connectivity index (χ1n) is 5.33. The molecule has 84 valence electrons. The van der Waals surface area contributed by atoms with E-state index in [9.17, 15) is 4.79 Å². The minimum atomic E-state index is -0.0170. The molecule has 4 nitrogen and oxygen atoms in total. The maximum Gasteiger partial charge on any atom is 0.255 e. The summed E-state index contributed by atoms with van der Waals surface area (Å²) in [5.74, 6) is -0.0170. The van der Waals surface area contributed by atoms with E-state index in [1.165, 1.54) is 0 Å². The predicted molar refractivity (Wildman–Crippen MR) is 62.9 cm³/mol. The van der Waals surface area contributed by atoms with E-state index in [2.05, 4.69) is 15.5 Å². The molecule has 16 heavy (non-hydrogen) atoms. The molecular formula is C11H12ClN3O. The van der Waals surface area contributed by atoms with Crippen molar-refractivity contribution in [3.8, 4) is 0 Å². The first-order chi connectivity index (χ1) is 7.75. The Morgan fingerprint density at radius 3 is 3.19 bits per heavy atom. The van der Waals surface area contributed by atoms with Crippen LogP contribution in [0.2, 0.25) is 5.02 Å². The zero-order valence-electron chi connectivity index (χ0n) is 8.66. The van der Waals surface area contributed by atoms with E-state index in [4.69, 9.17) is 11.6 Å². The van der Waals surface area contributed by atoms with E-state index in [-0.39, 0.29) is 12.1 Å². The van der Waals surface area contributed by atoms with Crippen molar-refractivity contribution < 1.29 is 4.79 Å². The highest BCUT2D eigenvalue weighted by Gasteiger charge is 2.32. The SMILES string of the molecule is O=C1N[C@H]2CNCCN2c2cc(Cl)ccc21. The van der Waals surface area contributed by atoms with Gasteiger partial charge in [-0.2, -0.15) is 0 Å². The van der Waals surface area contributed by atoms with Gasteiger partial charge in [0.15, 0.2) is 0 Å². The summed E-state index contributed by atoms with van der Waals surface area (Å²) in [6.45, 7) is 2.59. The first kappa shape index (κ1) is 9.93. The van der Waals surface area contributed by atoms with Gasteiger partial charge in [0.05, 0.1) is 11.3 Å². The molecule has 2 aliphatic heterocycles. The largest absolute Gasteiger partial charge is 0.348 e. The Morgan fingerprint density at radius 2 is 2.31 bits per heavy atom. The average Bonchev–Trinajstić information content (AvgIpc) is 2.29. The molecule has 5 heteroatoms. The van der Waals surface area contributed by atoms with Crippen LogP contribution in [0.15, 0.2) is 18.2 Å². The molecule has 2 heterocycles. The van der Waals surface area contributed by atoms with Crippen LogP contribution in [0.4, 0.5) is 5.69 Å². The summed E-state index contributed by atoms with van der Waals surface area (Å²) in [5.41, 5.74) is 1.66. The molecule has 3 rings (SSSR count). The normalized spacial score (nSPS) is 23.4. The van der Waals surface area contributed by atoms with E-state index in [1.54, 1.807) is 12.1 Å². The Hall–Kier alpha value is -1.26. The van der Waals surface area contributed by atoms with Crippen molar-refractivity contribution in [3.63, 3.8) is 0 Å². The number of anilines is 1. The van der Waals surface area contributed by atoms with Crippen LogP contribution in [0.1, 0.15) is 10.4 Å². The van der Waals surface area contributed by atoms with Gasteiger partial charge >= 0.3 is 0 Å². The lowest BCUT2D eigenvalue weighted by atomic mass is 10.1. The van der Waals surface area contributed by atoms with Gasteiger partial charge in [0.1, 0.15) is 6.17 Å². The second kappa shape index (κ2) is 3.64. The number of fused-ring (bicyclic) bond motifs is 3. The average molecular weight is 238 g/mol.